The number of benzene rings is 1. The summed E-state index contributed by atoms with van der Waals surface area (Å²) in [4.78, 5) is 21.8. The Morgan fingerprint density at radius 1 is 1.32 bits per heavy atom. The standard InChI is InChI=1S/C14H17N3O2/c1-10(17-6-8-19-9-7-17)13-15-12-5-3-2-4-11(12)14(18)16-13/h2-5,10H,6-9H2,1H3,(H,15,16,18)/t10-/m0/s1. The monoisotopic (exact) mass is 259 g/mol. The van der Waals surface area contributed by atoms with Crippen LogP contribution in [0, 0.1) is 0 Å². The van der Waals surface area contributed by atoms with E-state index >= 15 is 0 Å². The number of aromatic amines is 1. The van der Waals surface area contributed by atoms with Crippen molar-refractivity contribution in [1.82, 2.24) is 14.9 Å². The zero-order valence-corrected chi connectivity index (χ0v) is 10.9. The van der Waals surface area contributed by atoms with Gasteiger partial charge in [0.1, 0.15) is 5.82 Å². The maximum atomic E-state index is 12.0. The summed E-state index contributed by atoms with van der Waals surface area (Å²) in [5.41, 5.74) is 0.682. The molecule has 1 saturated heterocycles. The molecule has 2 aromatic rings. The molecule has 1 aromatic carbocycles. The molecule has 5 heteroatoms. The van der Waals surface area contributed by atoms with Gasteiger partial charge in [-0.2, -0.15) is 0 Å². The highest BCUT2D eigenvalue weighted by atomic mass is 16.5. The first-order valence-corrected chi connectivity index (χ1v) is 6.56. The summed E-state index contributed by atoms with van der Waals surface area (Å²) in [6, 6.07) is 7.52. The van der Waals surface area contributed by atoms with Gasteiger partial charge in [0.25, 0.3) is 5.56 Å². The number of H-pyrrole nitrogens is 1. The van der Waals surface area contributed by atoms with Crippen molar-refractivity contribution in [3.8, 4) is 0 Å². The Hall–Kier alpha value is -1.72. The fourth-order valence-corrected chi connectivity index (χ4v) is 2.44. The molecule has 0 bridgehead atoms. The van der Waals surface area contributed by atoms with Gasteiger partial charge in [-0.3, -0.25) is 9.69 Å². The molecule has 0 spiro atoms. The average Bonchev–Trinajstić information content (AvgIpc) is 2.47. The summed E-state index contributed by atoms with van der Waals surface area (Å²) in [5, 5.41) is 0.639. The van der Waals surface area contributed by atoms with Crippen LogP contribution in [0.5, 0.6) is 0 Å². The molecule has 2 heterocycles. The number of nitrogens with zero attached hydrogens (tertiary/aromatic N) is 2. The third-order valence-corrected chi connectivity index (χ3v) is 3.62. The van der Waals surface area contributed by atoms with E-state index in [0.29, 0.717) is 5.39 Å². The number of nitrogens with one attached hydrogen (secondary N) is 1. The minimum absolute atomic E-state index is 0.0688. The zero-order chi connectivity index (χ0) is 13.2. The van der Waals surface area contributed by atoms with Crippen molar-refractivity contribution < 1.29 is 4.74 Å². The third-order valence-electron chi connectivity index (χ3n) is 3.62. The lowest BCUT2D eigenvalue weighted by atomic mass is 10.2. The van der Waals surface area contributed by atoms with Crippen LogP contribution in [-0.2, 0) is 4.74 Å². The second kappa shape index (κ2) is 5.11. The minimum atomic E-state index is -0.0688. The van der Waals surface area contributed by atoms with E-state index in [9.17, 15) is 4.79 Å². The van der Waals surface area contributed by atoms with Crippen LogP contribution >= 0.6 is 0 Å². The Morgan fingerprint density at radius 3 is 2.84 bits per heavy atom. The van der Waals surface area contributed by atoms with Crippen LogP contribution in [0.3, 0.4) is 0 Å². The van der Waals surface area contributed by atoms with Crippen LogP contribution in [0.1, 0.15) is 18.8 Å². The summed E-state index contributed by atoms with van der Waals surface area (Å²) < 4.78 is 5.35. The van der Waals surface area contributed by atoms with Crippen LogP contribution in [0.2, 0.25) is 0 Å². The second-order valence-corrected chi connectivity index (χ2v) is 4.79. The molecule has 0 unspecified atom stereocenters. The molecule has 0 aliphatic carbocycles. The van der Waals surface area contributed by atoms with E-state index in [-0.39, 0.29) is 11.6 Å². The molecular weight excluding hydrogens is 242 g/mol. The molecule has 0 saturated carbocycles. The Labute approximate surface area is 111 Å². The molecule has 1 atom stereocenters. The molecule has 1 aliphatic heterocycles. The summed E-state index contributed by atoms with van der Waals surface area (Å²) >= 11 is 0. The molecule has 19 heavy (non-hydrogen) atoms. The van der Waals surface area contributed by atoms with Crippen LogP contribution in [0.25, 0.3) is 10.9 Å². The van der Waals surface area contributed by atoms with Crippen LogP contribution in [0.4, 0.5) is 0 Å². The maximum Gasteiger partial charge on any atom is 0.258 e. The molecule has 3 rings (SSSR count). The predicted molar refractivity (Wildman–Crippen MR) is 73.2 cm³/mol. The van der Waals surface area contributed by atoms with Gasteiger partial charge in [0.05, 0.1) is 30.2 Å². The Morgan fingerprint density at radius 2 is 2.05 bits per heavy atom. The van der Waals surface area contributed by atoms with Crippen molar-refractivity contribution in [3.63, 3.8) is 0 Å². The smallest absolute Gasteiger partial charge is 0.258 e. The topological polar surface area (TPSA) is 58.2 Å². The minimum Gasteiger partial charge on any atom is -0.379 e. The SMILES string of the molecule is C[C@@H](c1nc2ccccc2c(=O)[nH]1)N1CCOCC1. The number of para-hydroxylation sites is 1. The van der Waals surface area contributed by atoms with Gasteiger partial charge in [0.15, 0.2) is 0 Å². The molecule has 5 nitrogen and oxygen atoms in total. The fourth-order valence-electron chi connectivity index (χ4n) is 2.44. The van der Waals surface area contributed by atoms with Crippen LogP contribution < -0.4 is 5.56 Å². The Kier molecular flexibility index (Phi) is 3.31. The van der Waals surface area contributed by atoms with Crippen molar-refractivity contribution in [2.45, 2.75) is 13.0 Å². The summed E-state index contributed by atoms with van der Waals surface area (Å²) in [5.74, 6) is 0.727. The van der Waals surface area contributed by atoms with E-state index in [2.05, 4.69) is 21.8 Å². The van der Waals surface area contributed by atoms with Gasteiger partial charge in [-0.15, -0.1) is 0 Å². The van der Waals surface area contributed by atoms with E-state index in [1.165, 1.54) is 0 Å². The quantitative estimate of drug-likeness (QED) is 0.883. The summed E-state index contributed by atoms with van der Waals surface area (Å²) in [7, 11) is 0. The van der Waals surface area contributed by atoms with Crippen molar-refractivity contribution in [1.29, 1.82) is 0 Å². The van der Waals surface area contributed by atoms with Gasteiger partial charge in [-0.1, -0.05) is 12.1 Å². The molecule has 0 amide bonds. The number of ether oxygens (including phenoxy) is 1. The summed E-state index contributed by atoms with van der Waals surface area (Å²) in [6.45, 7) is 5.29. The number of morpholine rings is 1. The largest absolute Gasteiger partial charge is 0.379 e. The molecular formula is C14H17N3O2. The van der Waals surface area contributed by atoms with Gasteiger partial charge in [0, 0.05) is 13.1 Å². The number of hydrogen-bond donors (Lipinski definition) is 1. The number of hydrogen-bond acceptors (Lipinski definition) is 4. The van der Waals surface area contributed by atoms with Gasteiger partial charge < -0.3 is 9.72 Å². The van der Waals surface area contributed by atoms with Crippen molar-refractivity contribution in [2.24, 2.45) is 0 Å². The molecule has 1 N–H and O–H groups in total. The maximum absolute atomic E-state index is 12.0. The third kappa shape index (κ3) is 2.39. The first-order chi connectivity index (χ1) is 9.25. The highest BCUT2D eigenvalue weighted by Gasteiger charge is 2.20. The van der Waals surface area contributed by atoms with E-state index < -0.39 is 0 Å². The fraction of sp³-hybridized carbons (Fsp3) is 0.429. The lowest BCUT2D eigenvalue weighted by Gasteiger charge is -2.31. The lowest BCUT2D eigenvalue weighted by Crippen LogP contribution is -2.39. The van der Waals surface area contributed by atoms with Crippen molar-refractivity contribution in [2.75, 3.05) is 26.3 Å². The average molecular weight is 259 g/mol. The van der Waals surface area contributed by atoms with Crippen molar-refractivity contribution >= 4 is 10.9 Å². The lowest BCUT2D eigenvalue weighted by molar-refractivity contribution is 0.0182. The Balaban J connectivity index is 1.98. The molecule has 100 valence electrons. The van der Waals surface area contributed by atoms with Gasteiger partial charge >= 0.3 is 0 Å². The normalized spacial score (nSPS) is 18.6. The molecule has 0 radical (unpaired) electrons. The van der Waals surface area contributed by atoms with E-state index in [4.69, 9.17) is 4.74 Å². The Bertz CT molecular complexity index is 632. The summed E-state index contributed by atoms with van der Waals surface area (Å²) in [6.07, 6.45) is 0. The molecule has 1 fully saturated rings. The number of aromatic nitrogens is 2. The van der Waals surface area contributed by atoms with Gasteiger partial charge in [0.2, 0.25) is 0 Å². The second-order valence-electron chi connectivity index (χ2n) is 4.79. The van der Waals surface area contributed by atoms with E-state index in [0.717, 1.165) is 37.6 Å². The van der Waals surface area contributed by atoms with E-state index in [1.54, 1.807) is 6.07 Å². The predicted octanol–water partition coefficient (Wildman–Crippen LogP) is 1.32. The molecule has 1 aromatic heterocycles. The van der Waals surface area contributed by atoms with Gasteiger partial charge in [-0.05, 0) is 19.1 Å². The number of fused-ring (bicyclic) bond motifs is 1. The number of rotatable bonds is 2. The highest BCUT2D eigenvalue weighted by molar-refractivity contribution is 5.77. The van der Waals surface area contributed by atoms with Crippen LogP contribution in [-0.4, -0.2) is 41.2 Å². The van der Waals surface area contributed by atoms with Crippen molar-refractivity contribution in [3.05, 3.63) is 40.4 Å². The van der Waals surface area contributed by atoms with Crippen LogP contribution in [0.15, 0.2) is 29.1 Å². The molecule has 1 aliphatic rings. The van der Waals surface area contributed by atoms with E-state index in [1.807, 2.05) is 18.2 Å². The first-order valence-electron chi connectivity index (χ1n) is 6.56. The first kappa shape index (κ1) is 12.3. The zero-order valence-electron chi connectivity index (χ0n) is 10.9. The van der Waals surface area contributed by atoms with Gasteiger partial charge in [-0.25, -0.2) is 4.98 Å². The highest BCUT2D eigenvalue weighted by Crippen LogP contribution is 2.18.